The minimum Gasteiger partial charge on any atom is -0.324 e. The summed E-state index contributed by atoms with van der Waals surface area (Å²) in [6.45, 7) is 3.69. The highest BCUT2D eigenvalue weighted by Crippen LogP contribution is 2.38. The average Bonchev–Trinajstić information content (AvgIpc) is 3.15. The molecule has 1 aliphatic heterocycles. The predicted molar refractivity (Wildman–Crippen MR) is 92.1 cm³/mol. The van der Waals surface area contributed by atoms with Gasteiger partial charge in [0.25, 0.3) is 0 Å². The maximum atomic E-state index is 12.5. The van der Waals surface area contributed by atoms with Crippen molar-refractivity contribution in [2.45, 2.75) is 32.6 Å². The summed E-state index contributed by atoms with van der Waals surface area (Å²) in [5.74, 6) is 2.22. The molecule has 126 valence electrons. The van der Waals surface area contributed by atoms with Gasteiger partial charge in [-0.05, 0) is 43.7 Å². The van der Waals surface area contributed by atoms with Gasteiger partial charge in [0.1, 0.15) is 0 Å². The van der Waals surface area contributed by atoms with Gasteiger partial charge in [0.2, 0.25) is 0 Å². The molecule has 1 unspecified atom stereocenters. The Balaban J connectivity index is 1.40. The van der Waals surface area contributed by atoms with Gasteiger partial charge in [0, 0.05) is 31.0 Å². The van der Waals surface area contributed by atoms with E-state index in [1.807, 2.05) is 30.2 Å². The molecule has 1 aliphatic carbocycles. The highest BCUT2D eigenvalue weighted by molar-refractivity contribution is 5.89. The van der Waals surface area contributed by atoms with Crippen molar-refractivity contribution in [3.05, 3.63) is 36.3 Å². The number of anilines is 1. The van der Waals surface area contributed by atoms with Gasteiger partial charge in [-0.1, -0.05) is 12.8 Å². The maximum absolute atomic E-state index is 12.5. The molecular formula is C18H23N5O. The zero-order chi connectivity index (χ0) is 16.5. The van der Waals surface area contributed by atoms with E-state index in [9.17, 15) is 4.79 Å². The normalized spacial score (nSPS) is 20.4. The summed E-state index contributed by atoms with van der Waals surface area (Å²) < 4.78 is 1.75. The van der Waals surface area contributed by atoms with Crippen molar-refractivity contribution in [2.75, 3.05) is 18.4 Å². The Kier molecular flexibility index (Phi) is 3.96. The highest BCUT2D eigenvalue weighted by Gasteiger charge is 2.32. The van der Waals surface area contributed by atoms with Gasteiger partial charge < -0.3 is 4.90 Å². The number of amides is 2. The number of nitrogens with zero attached hydrogens (tertiary/aromatic N) is 4. The number of likely N-dealkylation sites (tertiary alicyclic amines) is 1. The van der Waals surface area contributed by atoms with E-state index in [-0.39, 0.29) is 6.03 Å². The van der Waals surface area contributed by atoms with Crippen LogP contribution in [0.25, 0.3) is 5.69 Å². The molecule has 2 aliphatic rings. The molecule has 6 heteroatoms. The van der Waals surface area contributed by atoms with Crippen LogP contribution in [0, 0.1) is 18.8 Å². The molecule has 6 nitrogen and oxygen atoms in total. The minimum absolute atomic E-state index is 0.0344. The summed E-state index contributed by atoms with van der Waals surface area (Å²) in [6.07, 6.45) is 10.6. The van der Waals surface area contributed by atoms with Crippen molar-refractivity contribution >= 4 is 11.8 Å². The summed E-state index contributed by atoms with van der Waals surface area (Å²) in [5.41, 5.74) is 1.83. The van der Waals surface area contributed by atoms with Gasteiger partial charge in [0.15, 0.2) is 5.82 Å². The van der Waals surface area contributed by atoms with Gasteiger partial charge in [-0.2, -0.15) is 0 Å². The second-order valence-corrected chi connectivity index (χ2v) is 7.03. The SMILES string of the molecule is Cc1cn(-c2cccnc2)nc1NC(=O)N1CCC(CC2CC2)C1. The monoisotopic (exact) mass is 325 g/mol. The van der Waals surface area contributed by atoms with Crippen molar-refractivity contribution < 1.29 is 4.79 Å². The Morgan fingerprint density at radius 1 is 1.33 bits per heavy atom. The molecule has 1 atom stereocenters. The number of pyridine rings is 1. The molecule has 0 bridgehead atoms. The molecule has 3 heterocycles. The third kappa shape index (κ3) is 3.27. The molecule has 1 saturated carbocycles. The van der Waals surface area contributed by atoms with E-state index in [1.165, 1.54) is 19.3 Å². The largest absolute Gasteiger partial charge is 0.324 e. The van der Waals surface area contributed by atoms with E-state index in [4.69, 9.17) is 0 Å². The Morgan fingerprint density at radius 2 is 2.21 bits per heavy atom. The first-order valence-electron chi connectivity index (χ1n) is 8.71. The second-order valence-electron chi connectivity index (χ2n) is 7.03. The number of hydrogen-bond donors (Lipinski definition) is 1. The van der Waals surface area contributed by atoms with Gasteiger partial charge in [-0.3, -0.25) is 10.3 Å². The molecule has 2 fully saturated rings. The van der Waals surface area contributed by atoms with Crippen LogP contribution >= 0.6 is 0 Å². The summed E-state index contributed by atoms with van der Waals surface area (Å²) in [6, 6.07) is 3.77. The lowest BCUT2D eigenvalue weighted by molar-refractivity contribution is 0.220. The molecule has 0 radical (unpaired) electrons. The third-order valence-electron chi connectivity index (χ3n) is 4.97. The smallest absolute Gasteiger partial charge is 0.323 e. The van der Waals surface area contributed by atoms with E-state index in [2.05, 4.69) is 15.4 Å². The van der Waals surface area contributed by atoms with E-state index in [1.54, 1.807) is 17.1 Å². The van der Waals surface area contributed by atoms with Crippen LogP contribution in [0.5, 0.6) is 0 Å². The summed E-state index contributed by atoms with van der Waals surface area (Å²) in [7, 11) is 0. The minimum atomic E-state index is -0.0344. The molecular weight excluding hydrogens is 302 g/mol. The fourth-order valence-corrected chi connectivity index (χ4v) is 3.42. The first-order chi connectivity index (χ1) is 11.7. The van der Waals surface area contributed by atoms with E-state index in [0.717, 1.165) is 36.7 Å². The van der Waals surface area contributed by atoms with Crippen molar-refractivity contribution in [1.82, 2.24) is 19.7 Å². The highest BCUT2D eigenvalue weighted by atomic mass is 16.2. The van der Waals surface area contributed by atoms with Gasteiger partial charge >= 0.3 is 6.03 Å². The fraction of sp³-hybridized carbons (Fsp3) is 0.500. The number of carbonyl (C=O) groups excluding carboxylic acids is 1. The molecule has 24 heavy (non-hydrogen) atoms. The van der Waals surface area contributed by atoms with Crippen molar-refractivity contribution in [1.29, 1.82) is 0 Å². The van der Waals surface area contributed by atoms with Crippen LogP contribution in [0.1, 0.15) is 31.2 Å². The zero-order valence-corrected chi connectivity index (χ0v) is 14.0. The molecule has 2 amide bonds. The average molecular weight is 325 g/mol. The number of rotatable bonds is 4. The predicted octanol–water partition coefficient (Wildman–Crippen LogP) is 3.23. The number of carbonyl (C=O) groups is 1. The lowest BCUT2D eigenvalue weighted by Crippen LogP contribution is -2.33. The van der Waals surface area contributed by atoms with E-state index < -0.39 is 0 Å². The van der Waals surface area contributed by atoms with Gasteiger partial charge in [-0.25, -0.2) is 9.48 Å². The maximum Gasteiger partial charge on any atom is 0.323 e. The number of urea groups is 1. The summed E-state index contributed by atoms with van der Waals surface area (Å²) >= 11 is 0. The van der Waals surface area contributed by atoms with Crippen LogP contribution in [-0.2, 0) is 0 Å². The van der Waals surface area contributed by atoms with E-state index in [0.29, 0.717) is 11.7 Å². The standard InChI is InChI=1S/C18H23N5O/c1-13-11-23(16-3-2-7-19-10-16)21-17(13)20-18(24)22-8-6-15(12-22)9-14-4-5-14/h2-3,7,10-11,14-15H,4-6,8-9,12H2,1H3,(H,20,21,24). The zero-order valence-electron chi connectivity index (χ0n) is 14.0. The first kappa shape index (κ1) is 15.2. The second kappa shape index (κ2) is 6.26. The van der Waals surface area contributed by atoms with Crippen molar-refractivity contribution in [3.8, 4) is 5.69 Å². The Bertz CT molecular complexity index is 722. The molecule has 2 aromatic heterocycles. The van der Waals surface area contributed by atoms with Crippen molar-refractivity contribution in [3.63, 3.8) is 0 Å². The Labute approximate surface area is 141 Å². The van der Waals surface area contributed by atoms with E-state index >= 15 is 0 Å². The van der Waals surface area contributed by atoms with Crippen LogP contribution in [0.4, 0.5) is 10.6 Å². The summed E-state index contributed by atoms with van der Waals surface area (Å²) in [5, 5.41) is 7.45. The number of nitrogens with one attached hydrogen (secondary N) is 1. The van der Waals surface area contributed by atoms with Crippen LogP contribution in [0.2, 0.25) is 0 Å². The molecule has 2 aromatic rings. The van der Waals surface area contributed by atoms with Crippen LogP contribution in [0.3, 0.4) is 0 Å². The number of aromatic nitrogens is 3. The lowest BCUT2D eigenvalue weighted by Gasteiger charge is -2.16. The Hall–Kier alpha value is -2.37. The molecule has 4 rings (SSSR count). The van der Waals surface area contributed by atoms with Gasteiger partial charge in [0.05, 0.1) is 11.9 Å². The molecule has 0 aromatic carbocycles. The lowest BCUT2D eigenvalue weighted by atomic mass is 10.0. The topological polar surface area (TPSA) is 63.1 Å². The Morgan fingerprint density at radius 3 is 2.96 bits per heavy atom. The number of aryl methyl sites for hydroxylation is 1. The molecule has 1 N–H and O–H groups in total. The quantitative estimate of drug-likeness (QED) is 0.938. The van der Waals surface area contributed by atoms with Crippen LogP contribution in [0.15, 0.2) is 30.7 Å². The fourth-order valence-electron chi connectivity index (χ4n) is 3.42. The van der Waals surface area contributed by atoms with Crippen LogP contribution < -0.4 is 5.32 Å². The third-order valence-corrected chi connectivity index (χ3v) is 4.97. The first-order valence-corrected chi connectivity index (χ1v) is 8.71. The molecule has 1 saturated heterocycles. The summed E-state index contributed by atoms with van der Waals surface area (Å²) in [4.78, 5) is 18.5. The van der Waals surface area contributed by atoms with Crippen LogP contribution in [-0.4, -0.2) is 38.8 Å². The van der Waals surface area contributed by atoms with Crippen molar-refractivity contribution in [2.24, 2.45) is 11.8 Å². The number of hydrogen-bond acceptors (Lipinski definition) is 3. The molecule has 0 spiro atoms. The van der Waals surface area contributed by atoms with Gasteiger partial charge in [-0.15, -0.1) is 5.10 Å².